The Kier molecular flexibility index (Phi) is 14.4. The fraction of sp³-hybridized carbons (Fsp3) is 0.312. The van der Waals surface area contributed by atoms with Crippen LogP contribution >= 0.6 is 7.82 Å². The largest absolute Gasteiger partial charge is 0.524 e. The van der Waals surface area contributed by atoms with Gasteiger partial charge in [-0.15, -0.1) is 0 Å². The van der Waals surface area contributed by atoms with Crippen LogP contribution in [0.25, 0.3) is 0 Å². The summed E-state index contributed by atoms with van der Waals surface area (Å²) >= 11 is 0. The van der Waals surface area contributed by atoms with Crippen LogP contribution in [0.15, 0.2) is 78.9 Å². The number of amides is 3. The van der Waals surface area contributed by atoms with Gasteiger partial charge in [0.15, 0.2) is 11.5 Å². The SMILES string of the molecule is CC(Cc1ccc(OP(=O)(O)O)c(O)c1)(NNC(=O)[C@H](CCCCNC(=O)OCc1ccccc1)NC(=O)OCc1ccccc1)C(=O)O. The number of nitrogens with one attached hydrogen (secondary N) is 4. The van der Waals surface area contributed by atoms with Crippen molar-refractivity contribution in [2.24, 2.45) is 0 Å². The van der Waals surface area contributed by atoms with E-state index in [1.807, 2.05) is 30.3 Å². The summed E-state index contributed by atoms with van der Waals surface area (Å²) < 4.78 is 25.9. The number of hydrazine groups is 1. The molecule has 0 bridgehead atoms. The second kappa shape index (κ2) is 18.4. The second-order valence-corrected chi connectivity index (χ2v) is 12.2. The van der Waals surface area contributed by atoms with E-state index in [-0.39, 0.29) is 38.2 Å². The molecule has 1 unspecified atom stereocenters. The van der Waals surface area contributed by atoms with Crippen LogP contribution in [0.3, 0.4) is 0 Å². The van der Waals surface area contributed by atoms with Crippen LogP contribution in [-0.4, -0.2) is 62.2 Å². The topological polar surface area (TPSA) is 242 Å². The lowest BCUT2D eigenvalue weighted by molar-refractivity contribution is -0.145. The molecule has 3 aromatic carbocycles. The molecule has 3 rings (SSSR count). The lowest BCUT2D eigenvalue weighted by Gasteiger charge is -2.28. The normalized spacial score (nSPS) is 12.9. The van der Waals surface area contributed by atoms with Gasteiger partial charge in [0.1, 0.15) is 24.8 Å². The molecule has 0 radical (unpaired) electrons. The van der Waals surface area contributed by atoms with Gasteiger partial charge in [0.2, 0.25) is 0 Å². The number of carbonyl (C=O) groups excluding carboxylic acids is 3. The number of phenols is 1. The van der Waals surface area contributed by atoms with Gasteiger partial charge in [0.05, 0.1) is 0 Å². The number of hydrogen-bond donors (Lipinski definition) is 8. The van der Waals surface area contributed by atoms with Crippen molar-refractivity contribution in [3.63, 3.8) is 0 Å². The highest BCUT2D eigenvalue weighted by Gasteiger charge is 2.35. The van der Waals surface area contributed by atoms with Gasteiger partial charge in [-0.05, 0) is 55.0 Å². The zero-order valence-electron chi connectivity index (χ0n) is 26.5. The number of phosphoric ester groups is 1. The third-order valence-electron chi connectivity index (χ3n) is 6.95. The van der Waals surface area contributed by atoms with E-state index >= 15 is 0 Å². The first-order valence-corrected chi connectivity index (χ1v) is 16.6. The van der Waals surface area contributed by atoms with E-state index in [2.05, 4.69) is 26.0 Å². The van der Waals surface area contributed by atoms with Crippen LogP contribution in [0, 0.1) is 0 Å². The van der Waals surface area contributed by atoms with Crippen LogP contribution in [-0.2, 0) is 43.3 Å². The number of carboxylic acid groups (broad SMARTS) is 1. The second-order valence-electron chi connectivity index (χ2n) is 11.1. The van der Waals surface area contributed by atoms with Gasteiger partial charge in [-0.2, -0.15) is 0 Å². The Morgan fingerprint density at radius 1 is 0.837 bits per heavy atom. The Morgan fingerprint density at radius 2 is 1.43 bits per heavy atom. The summed E-state index contributed by atoms with van der Waals surface area (Å²) in [5.74, 6) is -3.33. The number of aromatic hydroxyl groups is 1. The number of phenolic OH excluding ortho intramolecular Hbond substituents is 1. The number of phosphoric acid groups is 1. The van der Waals surface area contributed by atoms with E-state index in [0.717, 1.165) is 23.3 Å². The van der Waals surface area contributed by atoms with Gasteiger partial charge in [0.25, 0.3) is 5.91 Å². The molecule has 0 aliphatic rings. The molecule has 0 aliphatic heterocycles. The molecule has 0 spiro atoms. The van der Waals surface area contributed by atoms with Crippen LogP contribution in [0.5, 0.6) is 11.5 Å². The minimum absolute atomic E-state index is 0.0593. The highest BCUT2D eigenvalue weighted by molar-refractivity contribution is 7.46. The lowest BCUT2D eigenvalue weighted by Crippen LogP contribution is -2.61. The molecule has 0 saturated carbocycles. The number of rotatable bonds is 18. The van der Waals surface area contributed by atoms with Crippen molar-refractivity contribution in [3.8, 4) is 11.5 Å². The maximum atomic E-state index is 13.2. The molecule has 0 aliphatic carbocycles. The number of unbranched alkanes of at least 4 members (excludes halogenated alkanes) is 1. The van der Waals surface area contributed by atoms with E-state index < -0.39 is 55.0 Å². The average molecular weight is 703 g/mol. The molecule has 3 amide bonds. The summed E-state index contributed by atoms with van der Waals surface area (Å²) in [5, 5.41) is 25.2. The lowest BCUT2D eigenvalue weighted by atomic mass is 9.93. The minimum Gasteiger partial charge on any atom is -0.504 e. The molecule has 0 heterocycles. The Bertz CT molecular complexity index is 1610. The molecule has 16 nitrogen and oxygen atoms in total. The highest BCUT2D eigenvalue weighted by atomic mass is 31.2. The molecule has 3 aromatic rings. The molecule has 0 aromatic heterocycles. The Hall–Kier alpha value is -5.15. The average Bonchev–Trinajstić information content (AvgIpc) is 3.06. The van der Waals surface area contributed by atoms with Crippen molar-refractivity contribution in [1.29, 1.82) is 0 Å². The van der Waals surface area contributed by atoms with Gasteiger partial charge in [-0.3, -0.25) is 24.8 Å². The Morgan fingerprint density at radius 3 is 1.98 bits per heavy atom. The van der Waals surface area contributed by atoms with E-state index in [4.69, 9.17) is 19.3 Å². The standard InChI is InChI=1S/C32H39N4O12P/c1-32(29(39)40,19-24-15-16-27(26(37)18-24)48-49(43,44)45)36-35-28(38)25(34-31(42)47-21-23-12-6-3-7-13-23)14-8-9-17-33-30(41)46-20-22-10-4-2-5-11-22/h2-7,10-13,15-16,18,25,36-37H,8-9,14,17,19-21H2,1H3,(H,33,41)(H,34,42)(H,35,38)(H,39,40)(H2,43,44,45)/t25-,32?/m0/s1. The number of ether oxygens (including phenoxy) is 2. The number of carboxylic acids is 1. The number of carbonyl (C=O) groups is 4. The first-order chi connectivity index (χ1) is 23.2. The van der Waals surface area contributed by atoms with Crippen molar-refractivity contribution in [3.05, 3.63) is 95.6 Å². The quantitative estimate of drug-likeness (QED) is 0.0540. The molecule has 17 heteroatoms. The monoisotopic (exact) mass is 702 g/mol. The summed E-state index contributed by atoms with van der Waals surface area (Å²) in [5.41, 5.74) is 4.71. The summed E-state index contributed by atoms with van der Waals surface area (Å²) in [6.07, 6.45) is -0.954. The van der Waals surface area contributed by atoms with E-state index in [1.165, 1.54) is 13.0 Å². The fourth-order valence-electron chi connectivity index (χ4n) is 4.36. The molecule has 8 N–H and O–H groups in total. The predicted molar refractivity (Wildman–Crippen MR) is 174 cm³/mol. The highest BCUT2D eigenvalue weighted by Crippen LogP contribution is 2.41. The van der Waals surface area contributed by atoms with Gasteiger partial charge >= 0.3 is 26.0 Å². The molecule has 264 valence electrons. The van der Waals surface area contributed by atoms with E-state index in [9.17, 15) is 34.0 Å². The molecule has 2 atom stereocenters. The summed E-state index contributed by atoms with van der Waals surface area (Å²) in [6, 6.07) is 20.2. The van der Waals surface area contributed by atoms with E-state index in [0.29, 0.717) is 12.8 Å². The third kappa shape index (κ3) is 13.9. The zero-order chi connectivity index (χ0) is 35.9. The summed E-state index contributed by atoms with van der Waals surface area (Å²) in [4.78, 5) is 68.1. The first-order valence-electron chi connectivity index (χ1n) is 15.0. The van der Waals surface area contributed by atoms with Gasteiger partial charge in [0, 0.05) is 13.0 Å². The van der Waals surface area contributed by atoms with Crippen LogP contribution in [0.1, 0.15) is 42.9 Å². The van der Waals surface area contributed by atoms with E-state index in [1.54, 1.807) is 30.3 Å². The Labute approximate surface area is 282 Å². The van der Waals surface area contributed by atoms with Crippen LogP contribution in [0.4, 0.5) is 9.59 Å². The zero-order valence-corrected chi connectivity index (χ0v) is 27.4. The fourth-order valence-corrected chi connectivity index (χ4v) is 4.77. The van der Waals surface area contributed by atoms with Crippen molar-refractivity contribution in [2.45, 2.75) is 57.4 Å². The molecule has 0 fully saturated rings. The molecular formula is C32H39N4O12P. The Balaban J connectivity index is 1.58. The summed E-state index contributed by atoms with van der Waals surface area (Å²) in [7, 11) is -4.96. The third-order valence-corrected chi connectivity index (χ3v) is 7.39. The van der Waals surface area contributed by atoms with Crippen molar-refractivity contribution in [1.82, 2.24) is 21.5 Å². The first kappa shape index (κ1) is 38.3. The van der Waals surface area contributed by atoms with Crippen LogP contribution < -0.4 is 26.0 Å². The molecule has 49 heavy (non-hydrogen) atoms. The molecule has 0 saturated heterocycles. The number of aliphatic carboxylic acids is 1. The summed E-state index contributed by atoms with van der Waals surface area (Å²) in [6.45, 7) is 1.52. The minimum atomic E-state index is -4.96. The number of hydrogen-bond acceptors (Lipinski definition) is 10. The maximum Gasteiger partial charge on any atom is 0.524 e. The smallest absolute Gasteiger partial charge is 0.504 e. The van der Waals surface area contributed by atoms with Crippen molar-refractivity contribution >= 4 is 31.9 Å². The van der Waals surface area contributed by atoms with Crippen molar-refractivity contribution < 1.29 is 57.7 Å². The van der Waals surface area contributed by atoms with Crippen LogP contribution in [0.2, 0.25) is 0 Å². The van der Waals surface area contributed by atoms with Gasteiger partial charge < -0.3 is 34.8 Å². The maximum absolute atomic E-state index is 13.2. The predicted octanol–water partition coefficient (Wildman–Crippen LogP) is 3.26. The van der Waals surface area contributed by atoms with Crippen molar-refractivity contribution in [2.75, 3.05) is 6.54 Å². The number of benzene rings is 3. The van der Waals surface area contributed by atoms with Gasteiger partial charge in [-0.25, -0.2) is 19.6 Å². The molecular weight excluding hydrogens is 663 g/mol. The van der Waals surface area contributed by atoms with Gasteiger partial charge in [-0.1, -0.05) is 66.7 Å². The number of alkyl carbamates (subject to hydrolysis) is 2.